The van der Waals surface area contributed by atoms with Crippen LogP contribution in [0.15, 0.2) is 29.8 Å². The van der Waals surface area contributed by atoms with Crippen molar-refractivity contribution in [3.05, 3.63) is 41.0 Å². The largest absolute Gasteiger partial charge is 0.466 e. The first-order chi connectivity index (χ1) is 8.13. The van der Waals surface area contributed by atoms with Gasteiger partial charge in [-0.25, -0.2) is 4.79 Å². The first kappa shape index (κ1) is 11.4. The molecule has 0 heterocycles. The van der Waals surface area contributed by atoms with Crippen LogP contribution < -0.4 is 0 Å². The van der Waals surface area contributed by atoms with Gasteiger partial charge < -0.3 is 9.47 Å². The van der Waals surface area contributed by atoms with Crippen molar-refractivity contribution >= 4 is 17.7 Å². The zero-order chi connectivity index (χ0) is 12.4. The Morgan fingerprint density at radius 3 is 2.59 bits per heavy atom. The number of hydrogen-bond donors (Lipinski definition) is 0. The molecule has 1 aromatic rings. The lowest BCUT2D eigenvalue weighted by Gasteiger charge is -2.06. The monoisotopic (exact) mass is 232 g/mol. The van der Waals surface area contributed by atoms with Crippen molar-refractivity contribution < 1.29 is 19.1 Å². The number of ether oxygens (including phenoxy) is 2. The van der Waals surface area contributed by atoms with Crippen molar-refractivity contribution in [2.45, 2.75) is 13.3 Å². The van der Waals surface area contributed by atoms with Crippen molar-refractivity contribution in [3.63, 3.8) is 0 Å². The highest BCUT2D eigenvalue weighted by Gasteiger charge is 2.28. The maximum Gasteiger partial charge on any atom is 0.337 e. The van der Waals surface area contributed by atoms with E-state index in [1.165, 1.54) is 14.0 Å². The minimum atomic E-state index is -0.461. The molecule has 2 rings (SSSR count). The molecule has 1 aromatic carbocycles. The van der Waals surface area contributed by atoms with Gasteiger partial charge in [0.25, 0.3) is 0 Å². The molecule has 0 saturated carbocycles. The fourth-order valence-corrected chi connectivity index (χ4v) is 1.88. The molecule has 0 saturated heterocycles. The standard InChI is InChI=1S/C13H12O4/c1-8(14)17-12-10-6-4-3-5-9(10)7-11(12)13(15)16-2/h3-6H,7H2,1-2H3. The van der Waals surface area contributed by atoms with Gasteiger partial charge in [-0.05, 0) is 5.56 Å². The topological polar surface area (TPSA) is 52.6 Å². The Kier molecular flexibility index (Phi) is 2.95. The van der Waals surface area contributed by atoms with Crippen LogP contribution in [0.25, 0.3) is 5.76 Å². The fraction of sp³-hybridized carbons (Fsp3) is 0.231. The van der Waals surface area contributed by atoms with Crippen LogP contribution in [-0.2, 0) is 25.5 Å². The SMILES string of the molecule is COC(=O)C1=C(OC(C)=O)c2ccccc2C1. The summed E-state index contributed by atoms with van der Waals surface area (Å²) in [6.07, 6.45) is 0.436. The second kappa shape index (κ2) is 4.41. The molecule has 0 aromatic heterocycles. The van der Waals surface area contributed by atoms with E-state index in [0.717, 1.165) is 11.1 Å². The van der Waals surface area contributed by atoms with Gasteiger partial charge in [-0.3, -0.25) is 4.79 Å². The van der Waals surface area contributed by atoms with E-state index in [1.54, 1.807) is 0 Å². The molecule has 0 unspecified atom stereocenters. The summed E-state index contributed by atoms with van der Waals surface area (Å²) in [7, 11) is 1.31. The highest BCUT2D eigenvalue weighted by Crippen LogP contribution is 2.34. The fourth-order valence-electron chi connectivity index (χ4n) is 1.88. The molecule has 0 atom stereocenters. The lowest BCUT2D eigenvalue weighted by molar-refractivity contribution is -0.136. The minimum absolute atomic E-state index is 0.319. The van der Waals surface area contributed by atoms with Gasteiger partial charge in [0, 0.05) is 18.9 Å². The number of benzene rings is 1. The number of carbonyl (C=O) groups excluding carboxylic acids is 2. The van der Waals surface area contributed by atoms with Crippen LogP contribution in [0.3, 0.4) is 0 Å². The molecule has 0 bridgehead atoms. The summed E-state index contributed by atoms with van der Waals surface area (Å²) < 4.78 is 9.80. The number of methoxy groups -OCH3 is 1. The first-order valence-electron chi connectivity index (χ1n) is 5.21. The zero-order valence-electron chi connectivity index (χ0n) is 9.65. The van der Waals surface area contributed by atoms with Crippen molar-refractivity contribution in [2.24, 2.45) is 0 Å². The van der Waals surface area contributed by atoms with Crippen LogP contribution in [0.5, 0.6) is 0 Å². The van der Waals surface area contributed by atoms with Crippen LogP contribution in [-0.4, -0.2) is 19.0 Å². The lowest BCUT2D eigenvalue weighted by atomic mass is 10.1. The van der Waals surface area contributed by atoms with Crippen molar-refractivity contribution in [1.82, 2.24) is 0 Å². The third-order valence-electron chi connectivity index (χ3n) is 2.58. The summed E-state index contributed by atoms with van der Waals surface area (Å²) in [5, 5.41) is 0. The summed E-state index contributed by atoms with van der Waals surface area (Å²) in [5.74, 6) is -0.587. The number of rotatable bonds is 2. The summed E-state index contributed by atoms with van der Waals surface area (Å²) in [5.41, 5.74) is 2.14. The molecule has 17 heavy (non-hydrogen) atoms. The van der Waals surface area contributed by atoms with Crippen LogP contribution in [0, 0.1) is 0 Å². The zero-order valence-corrected chi connectivity index (χ0v) is 9.65. The van der Waals surface area contributed by atoms with E-state index in [1.807, 2.05) is 24.3 Å². The van der Waals surface area contributed by atoms with E-state index in [2.05, 4.69) is 4.74 Å². The van der Waals surface area contributed by atoms with Gasteiger partial charge in [0.1, 0.15) is 5.76 Å². The second-order valence-corrected chi connectivity index (χ2v) is 3.73. The molecule has 1 aliphatic rings. The maximum absolute atomic E-state index is 11.6. The van der Waals surface area contributed by atoms with Gasteiger partial charge in [-0.2, -0.15) is 0 Å². The molecule has 4 nitrogen and oxygen atoms in total. The van der Waals surface area contributed by atoms with Gasteiger partial charge >= 0.3 is 11.9 Å². The summed E-state index contributed by atoms with van der Waals surface area (Å²) in [6.45, 7) is 1.31. The van der Waals surface area contributed by atoms with Crippen LogP contribution in [0.4, 0.5) is 0 Å². The smallest absolute Gasteiger partial charge is 0.337 e. The molecule has 0 radical (unpaired) electrons. The molecular weight excluding hydrogens is 220 g/mol. The summed E-state index contributed by atoms with van der Waals surface area (Å²) in [4.78, 5) is 22.7. The molecule has 4 heteroatoms. The summed E-state index contributed by atoms with van der Waals surface area (Å²) >= 11 is 0. The van der Waals surface area contributed by atoms with Crippen molar-refractivity contribution in [1.29, 1.82) is 0 Å². The normalized spacial score (nSPS) is 13.3. The van der Waals surface area contributed by atoms with Gasteiger partial charge in [0.2, 0.25) is 0 Å². The molecule has 1 aliphatic carbocycles. The summed E-state index contributed by atoms with van der Waals surface area (Å²) in [6, 6.07) is 7.44. The van der Waals surface area contributed by atoms with Crippen molar-refractivity contribution in [2.75, 3.05) is 7.11 Å². The molecule has 0 aliphatic heterocycles. The Morgan fingerprint density at radius 2 is 1.94 bits per heavy atom. The van der Waals surface area contributed by atoms with Crippen molar-refractivity contribution in [3.8, 4) is 0 Å². The number of hydrogen-bond acceptors (Lipinski definition) is 4. The second-order valence-electron chi connectivity index (χ2n) is 3.73. The number of esters is 2. The van der Waals surface area contributed by atoms with Gasteiger partial charge in [-0.15, -0.1) is 0 Å². The van der Waals surface area contributed by atoms with E-state index >= 15 is 0 Å². The average molecular weight is 232 g/mol. The van der Waals surface area contributed by atoms with E-state index in [4.69, 9.17) is 4.74 Å². The minimum Gasteiger partial charge on any atom is -0.466 e. The lowest BCUT2D eigenvalue weighted by Crippen LogP contribution is -2.08. The van der Waals surface area contributed by atoms with Crippen LogP contribution in [0.2, 0.25) is 0 Å². The van der Waals surface area contributed by atoms with Gasteiger partial charge in [-0.1, -0.05) is 24.3 Å². The molecule has 0 amide bonds. The molecule has 0 spiro atoms. The Hall–Kier alpha value is -2.10. The third kappa shape index (κ3) is 2.06. The Labute approximate surface area is 98.8 Å². The Morgan fingerprint density at radius 1 is 1.24 bits per heavy atom. The molecule has 0 N–H and O–H groups in total. The highest BCUT2D eigenvalue weighted by atomic mass is 16.5. The first-order valence-corrected chi connectivity index (χ1v) is 5.21. The van der Waals surface area contributed by atoms with Gasteiger partial charge in [0.15, 0.2) is 0 Å². The van der Waals surface area contributed by atoms with Gasteiger partial charge in [0.05, 0.1) is 12.7 Å². The van der Waals surface area contributed by atoms with Crippen LogP contribution >= 0.6 is 0 Å². The molecule has 0 fully saturated rings. The predicted molar refractivity (Wildman–Crippen MR) is 60.8 cm³/mol. The quantitative estimate of drug-likeness (QED) is 0.728. The molecular formula is C13H12O4. The van der Waals surface area contributed by atoms with E-state index < -0.39 is 11.9 Å². The van der Waals surface area contributed by atoms with E-state index in [0.29, 0.717) is 17.8 Å². The third-order valence-corrected chi connectivity index (χ3v) is 2.58. The maximum atomic E-state index is 11.6. The number of carbonyl (C=O) groups is 2. The Balaban J connectivity index is 2.47. The Bertz CT molecular complexity index is 514. The van der Waals surface area contributed by atoms with Crippen LogP contribution in [0.1, 0.15) is 18.1 Å². The predicted octanol–water partition coefficient (Wildman–Crippen LogP) is 1.69. The molecule has 88 valence electrons. The average Bonchev–Trinajstić information content (AvgIpc) is 2.67. The van der Waals surface area contributed by atoms with E-state index in [-0.39, 0.29) is 0 Å². The highest BCUT2D eigenvalue weighted by molar-refractivity contribution is 6.00. The number of fused-ring (bicyclic) bond motifs is 1. The van der Waals surface area contributed by atoms with E-state index in [9.17, 15) is 9.59 Å².